The van der Waals surface area contributed by atoms with Gasteiger partial charge >= 0.3 is 0 Å². The van der Waals surface area contributed by atoms with E-state index in [1.54, 1.807) is 12.4 Å². The summed E-state index contributed by atoms with van der Waals surface area (Å²) >= 11 is 0. The van der Waals surface area contributed by atoms with Crippen LogP contribution in [0.5, 0.6) is 0 Å². The molecule has 3 heterocycles. The van der Waals surface area contributed by atoms with Crippen LogP contribution in [0.15, 0.2) is 36.7 Å². The van der Waals surface area contributed by atoms with Crippen LogP contribution in [-0.2, 0) is 4.74 Å². The van der Waals surface area contributed by atoms with Gasteiger partial charge in [-0.2, -0.15) is 0 Å². The van der Waals surface area contributed by atoms with Gasteiger partial charge in [0, 0.05) is 18.9 Å². The van der Waals surface area contributed by atoms with Crippen molar-refractivity contribution in [2.24, 2.45) is 0 Å². The number of hydrogen-bond acceptors (Lipinski definition) is 6. The van der Waals surface area contributed by atoms with Crippen LogP contribution in [0.4, 0.5) is 11.6 Å². The third kappa shape index (κ3) is 3.04. The molecule has 2 aromatic heterocycles. The van der Waals surface area contributed by atoms with E-state index < -0.39 is 0 Å². The molecule has 0 radical (unpaired) electrons. The lowest BCUT2D eigenvalue weighted by Gasteiger charge is -2.22. The number of ether oxygens (including phenoxy) is 1. The topological polar surface area (TPSA) is 72.0 Å². The molecule has 1 aliphatic heterocycles. The first-order valence-corrected chi connectivity index (χ1v) is 6.24. The van der Waals surface area contributed by atoms with Gasteiger partial charge in [-0.15, -0.1) is 0 Å². The number of morpholine rings is 1. The maximum Gasteiger partial charge on any atom is 0.149 e. The molecule has 1 aliphatic rings. The van der Waals surface area contributed by atoms with Crippen molar-refractivity contribution >= 4 is 11.6 Å². The normalized spacial score (nSPS) is 19.1. The lowest BCUT2D eigenvalue weighted by atomic mass is 10.2. The Labute approximate surface area is 111 Å². The molecule has 2 N–H and O–H groups in total. The van der Waals surface area contributed by atoms with E-state index in [1.807, 2.05) is 24.3 Å². The van der Waals surface area contributed by atoms with Crippen LogP contribution in [0.3, 0.4) is 0 Å². The van der Waals surface area contributed by atoms with E-state index in [0.717, 1.165) is 30.6 Å². The van der Waals surface area contributed by atoms with Crippen molar-refractivity contribution in [1.82, 2.24) is 20.3 Å². The maximum atomic E-state index is 5.42. The fourth-order valence-corrected chi connectivity index (χ4v) is 1.91. The van der Waals surface area contributed by atoms with E-state index in [0.29, 0.717) is 6.61 Å². The number of nitrogens with one attached hydrogen (secondary N) is 2. The largest absolute Gasteiger partial charge is 0.378 e. The summed E-state index contributed by atoms with van der Waals surface area (Å²) in [6.07, 6.45) is 3.48. The van der Waals surface area contributed by atoms with E-state index in [-0.39, 0.29) is 6.04 Å². The number of nitrogens with zero attached hydrogens (tertiary/aromatic N) is 3. The molecule has 0 aromatic carbocycles. The van der Waals surface area contributed by atoms with Crippen molar-refractivity contribution in [2.45, 2.75) is 6.04 Å². The molecule has 6 nitrogen and oxygen atoms in total. The third-order valence-corrected chi connectivity index (χ3v) is 2.83. The minimum Gasteiger partial charge on any atom is -0.378 e. The summed E-state index contributed by atoms with van der Waals surface area (Å²) in [5, 5.41) is 6.49. The molecule has 0 unspecified atom stereocenters. The van der Waals surface area contributed by atoms with Crippen LogP contribution in [0.2, 0.25) is 0 Å². The fraction of sp³-hybridized carbons (Fsp3) is 0.308. The molecule has 0 spiro atoms. The van der Waals surface area contributed by atoms with Gasteiger partial charge in [-0.1, -0.05) is 6.07 Å². The van der Waals surface area contributed by atoms with Crippen LogP contribution < -0.4 is 10.6 Å². The molecule has 0 amide bonds. The van der Waals surface area contributed by atoms with E-state index in [2.05, 4.69) is 25.6 Å². The van der Waals surface area contributed by atoms with Gasteiger partial charge in [0.15, 0.2) is 0 Å². The van der Waals surface area contributed by atoms with Gasteiger partial charge in [-0.25, -0.2) is 15.0 Å². The van der Waals surface area contributed by atoms with Crippen LogP contribution in [0.25, 0.3) is 0 Å². The van der Waals surface area contributed by atoms with E-state index in [9.17, 15) is 0 Å². The minimum absolute atomic E-state index is 0.0548. The highest BCUT2D eigenvalue weighted by Gasteiger charge is 2.18. The number of hydrogen-bond donors (Lipinski definition) is 2. The van der Waals surface area contributed by atoms with Crippen LogP contribution in [-0.4, -0.2) is 34.7 Å². The molecule has 98 valence electrons. The zero-order valence-electron chi connectivity index (χ0n) is 10.4. The van der Waals surface area contributed by atoms with Crippen molar-refractivity contribution in [3.05, 3.63) is 42.5 Å². The van der Waals surface area contributed by atoms with Gasteiger partial charge < -0.3 is 15.4 Å². The zero-order valence-corrected chi connectivity index (χ0v) is 10.4. The highest BCUT2D eigenvalue weighted by Crippen LogP contribution is 2.15. The first-order valence-electron chi connectivity index (χ1n) is 6.24. The van der Waals surface area contributed by atoms with Crippen LogP contribution in [0, 0.1) is 0 Å². The fourth-order valence-electron chi connectivity index (χ4n) is 1.91. The maximum absolute atomic E-state index is 5.42. The van der Waals surface area contributed by atoms with Crippen molar-refractivity contribution in [3.8, 4) is 0 Å². The van der Waals surface area contributed by atoms with E-state index in [1.165, 1.54) is 0 Å². The number of anilines is 2. The Kier molecular flexibility index (Phi) is 3.62. The van der Waals surface area contributed by atoms with Crippen molar-refractivity contribution < 1.29 is 4.74 Å². The molecule has 0 aliphatic carbocycles. The Morgan fingerprint density at radius 3 is 2.95 bits per heavy atom. The molecular weight excluding hydrogens is 242 g/mol. The molecular formula is C13H15N5O. The SMILES string of the molecule is c1ccc(Nc2ccnc([C@@H]3COCCN3)n2)nc1. The molecule has 6 heteroatoms. The Bertz CT molecular complexity index is 528. The van der Waals surface area contributed by atoms with Crippen LogP contribution in [0.1, 0.15) is 11.9 Å². The minimum atomic E-state index is 0.0548. The second kappa shape index (κ2) is 5.73. The molecule has 2 aromatic rings. The summed E-state index contributed by atoms with van der Waals surface area (Å²) in [5.74, 6) is 2.23. The summed E-state index contributed by atoms with van der Waals surface area (Å²) < 4.78 is 5.42. The predicted octanol–water partition coefficient (Wildman–Crippen LogP) is 1.28. The second-order valence-corrected chi connectivity index (χ2v) is 4.22. The van der Waals surface area contributed by atoms with E-state index >= 15 is 0 Å². The molecule has 0 saturated carbocycles. The third-order valence-electron chi connectivity index (χ3n) is 2.83. The number of aromatic nitrogens is 3. The smallest absolute Gasteiger partial charge is 0.149 e. The first kappa shape index (κ1) is 12.0. The van der Waals surface area contributed by atoms with Gasteiger partial charge in [0.05, 0.1) is 19.3 Å². The summed E-state index contributed by atoms with van der Waals surface area (Å²) in [4.78, 5) is 13.0. The average molecular weight is 257 g/mol. The highest BCUT2D eigenvalue weighted by atomic mass is 16.5. The molecule has 3 rings (SSSR count). The lowest BCUT2D eigenvalue weighted by molar-refractivity contribution is 0.0742. The van der Waals surface area contributed by atoms with Gasteiger partial charge in [0.25, 0.3) is 0 Å². The molecule has 0 bridgehead atoms. The summed E-state index contributed by atoms with van der Waals surface area (Å²) in [6.45, 7) is 2.17. The standard InChI is InChI=1S/C13H15N5O/c1-2-5-15-11(3-1)17-12-4-6-16-13(18-12)10-9-19-8-7-14-10/h1-6,10,14H,7-9H2,(H,15,16,17,18)/t10-/m0/s1. The zero-order chi connectivity index (χ0) is 12.9. The molecule has 1 atom stereocenters. The predicted molar refractivity (Wildman–Crippen MR) is 71.1 cm³/mol. The van der Waals surface area contributed by atoms with Gasteiger partial charge in [-0.05, 0) is 18.2 Å². The van der Waals surface area contributed by atoms with Crippen molar-refractivity contribution in [3.63, 3.8) is 0 Å². The highest BCUT2D eigenvalue weighted by molar-refractivity contribution is 5.50. The van der Waals surface area contributed by atoms with Crippen molar-refractivity contribution in [2.75, 3.05) is 25.1 Å². The lowest BCUT2D eigenvalue weighted by Crippen LogP contribution is -2.35. The summed E-state index contributed by atoms with van der Waals surface area (Å²) in [6, 6.07) is 7.57. The van der Waals surface area contributed by atoms with Gasteiger partial charge in [-0.3, -0.25) is 0 Å². The number of pyridine rings is 1. The average Bonchev–Trinajstić information content (AvgIpc) is 2.49. The number of rotatable bonds is 3. The van der Waals surface area contributed by atoms with Gasteiger partial charge in [0.1, 0.15) is 17.5 Å². The monoisotopic (exact) mass is 257 g/mol. The Hall–Kier alpha value is -2.05. The molecule has 1 fully saturated rings. The first-order chi connectivity index (χ1) is 9.42. The second-order valence-electron chi connectivity index (χ2n) is 4.22. The molecule has 1 saturated heterocycles. The molecule has 19 heavy (non-hydrogen) atoms. The summed E-state index contributed by atoms with van der Waals surface area (Å²) in [7, 11) is 0. The van der Waals surface area contributed by atoms with E-state index in [4.69, 9.17) is 4.74 Å². The van der Waals surface area contributed by atoms with Crippen LogP contribution >= 0.6 is 0 Å². The van der Waals surface area contributed by atoms with Gasteiger partial charge in [0.2, 0.25) is 0 Å². The quantitative estimate of drug-likeness (QED) is 0.863. The Morgan fingerprint density at radius 2 is 2.16 bits per heavy atom. The van der Waals surface area contributed by atoms with Crippen molar-refractivity contribution in [1.29, 1.82) is 0 Å². The Balaban J connectivity index is 1.76. The Morgan fingerprint density at radius 1 is 1.16 bits per heavy atom. The summed E-state index contributed by atoms with van der Waals surface area (Å²) in [5.41, 5.74) is 0.